The van der Waals surface area contributed by atoms with Gasteiger partial charge in [0, 0.05) is 42.3 Å². The van der Waals surface area contributed by atoms with Crippen LogP contribution in [0.25, 0.3) is 0 Å². The maximum absolute atomic E-state index is 6.31. The van der Waals surface area contributed by atoms with Crippen LogP contribution in [0.1, 0.15) is 12.8 Å². The van der Waals surface area contributed by atoms with Crippen molar-refractivity contribution < 1.29 is 23.7 Å². The molecule has 0 aliphatic carbocycles. The first-order valence-electron chi connectivity index (χ1n) is 10.6. The van der Waals surface area contributed by atoms with Gasteiger partial charge in [-0.1, -0.05) is 0 Å². The minimum absolute atomic E-state index is 0.230. The molecule has 32 heavy (non-hydrogen) atoms. The highest BCUT2D eigenvalue weighted by molar-refractivity contribution is 7.97. The van der Waals surface area contributed by atoms with Crippen molar-refractivity contribution in [1.29, 1.82) is 0 Å². The average molecular weight is 479 g/mol. The molecule has 0 radical (unpaired) electrons. The minimum atomic E-state index is -0.230. The Balaban J connectivity index is 1.39. The van der Waals surface area contributed by atoms with E-state index < -0.39 is 0 Å². The number of nitrogens with zero attached hydrogens (tertiary/aromatic N) is 2. The normalized spacial score (nSPS) is 18.6. The molecule has 0 amide bonds. The van der Waals surface area contributed by atoms with E-state index in [4.69, 9.17) is 23.7 Å². The Morgan fingerprint density at radius 3 is 1.78 bits per heavy atom. The van der Waals surface area contributed by atoms with Gasteiger partial charge in [-0.25, -0.2) is 8.61 Å². The van der Waals surface area contributed by atoms with Gasteiger partial charge in [0.15, 0.2) is 23.0 Å². The lowest BCUT2D eigenvalue weighted by Crippen LogP contribution is -2.49. The number of ether oxygens (including phenoxy) is 5. The van der Waals surface area contributed by atoms with E-state index in [-0.39, 0.29) is 5.72 Å². The molecule has 0 aromatic heterocycles. The predicted molar refractivity (Wildman–Crippen MR) is 127 cm³/mol. The van der Waals surface area contributed by atoms with Crippen molar-refractivity contribution in [3.8, 4) is 23.0 Å². The van der Waals surface area contributed by atoms with Crippen molar-refractivity contribution in [3.05, 3.63) is 36.4 Å². The number of methoxy groups -OCH3 is 4. The van der Waals surface area contributed by atoms with E-state index in [0.717, 1.165) is 71.9 Å². The Hall–Kier alpha value is -1.78. The van der Waals surface area contributed by atoms with E-state index >= 15 is 0 Å². The zero-order valence-electron chi connectivity index (χ0n) is 19.0. The third-order valence-corrected chi connectivity index (χ3v) is 8.07. The summed E-state index contributed by atoms with van der Waals surface area (Å²) in [5.74, 6) is 2.98. The third kappa shape index (κ3) is 4.92. The van der Waals surface area contributed by atoms with E-state index in [2.05, 4.69) is 20.7 Å². The van der Waals surface area contributed by atoms with Gasteiger partial charge >= 0.3 is 0 Å². The van der Waals surface area contributed by atoms with Crippen LogP contribution in [0.3, 0.4) is 0 Å². The molecule has 2 aliphatic rings. The average Bonchev–Trinajstić information content (AvgIpc) is 3.21. The Morgan fingerprint density at radius 1 is 0.719 bits per heavy atom. The molecule has 1 spiro atoms. The summed E-state index contributed by atoms with van der Waals surface area (Å²) < 4.78 is 32.7. The first kappa shape index (κ1) is 23.4. The van der Waals surface area contributed by atoms with Crippen LogP contribution in [0.4, 0.5) is 0 Å². The van der Waals surface area contributed by atoms with Crippen LogP contribution in [-0.4, -0.2) is 69.0 Å². The van der Waals surface area contributed by atoms with Crippen molar-refractivity contribution in [3.63, 3.8) is 0 Å². The minimum Gasteiger partial charge on any atom is -0.493 e. The summed E-state index contributed by atoms with van der Waals surface area (Å²) in [7, 11) is 6.64. The van der Waals surface area contributed by atoms with Crippen molar-refractivity contribution in [2.75, 3.05) is 54.7 Å². The van der Waals surface area contributed by atoms with Crippen molar-refractivity contribution >= 4 is 23.9 Å². The van der Waals surface area contributed by atoms with E-state index in [9.17, 15) is 0 Å². The van der Waals surface area contributed by atoms with Gasteiger partial charge in [-0.3, -0.25) is 0 Å². The lowest BCUT2D eigenvalue weighted by Gasteiger charge is -2.42. The summed E-state index contributed by atoms with van der Waals surface area (Å²) in [6, 6.07) is 12.1. The molecule has 0 N–H and O–H groups in total. The SMILES string of the molecule is COc1ccc(SN2CCC3(CC2)OCCN3Sc2ccc(OC)c(OC)c2)cc1OC. The largest absolute Gasteiger partial charge is 0.493 e. The lowest BCUT2D eigenvalue weighted by atomic mass is 10.0. The standard InChI is InChI=1S/C23H30N2O5S2/c1-26-19-7-5-17(15-21(19)28-3)31-24-11-9-23(10-12-24)25(13-14-30-23)32-18-6-8-20(27-2)22(16-18)29-4/h5-8,15-16H,9-14H2,1-4H3. The molecule has 2 heterocycles. The Labute approximate surface area is 198 Å². The van der Waals surface area contributed by atoms with E-state index in [1.54, 1.807) is 52.3 Å². The molecule has 2 aromatic rings. The highest BCUT2D eigenvalue weighted by atomic mass is 32.2. The van der Waals surface area contributed by atoms with Crippen molar-refractivity contribution in [2.24, 2.45) is 0 Å². The van der Waals surface area contributed by atoms with E-state index in [1.807, 2.05) is 24.3 Å². The fraction of sp³-hybridized carbons (Fsp3) is 0.478. The van der Waals surface area contributed by atoms with Crippen LogP contribution >= 0.6 is 23.9 Å². The van der Waals surface area contributed by atoms with Crippen LogP contribution in [0.15, 0.2) is 46.2 Å². The van der Waals surface area contributed by atoms with Gasteiger partial charge in [0.2, 0.25) is 0 Å². The van der Waals surface area contributed by atoms with Crippen LogP contribution in [0, 0.1) is 0 Å². The fourth-order valence-electron chi connectivity index (χ4n) is 4.07. The zero-order chi connectivity index (χ0) is 22.6. The summed E-state index contributed by atoms with van der Waals surface area (Å²) in [5, 5.41) is 0. The second-order valence-corrected chi connectivity index (χ2v) is 9.81. The Bertz CT molecular complexity index is 921. The summed E-state index contributed by atoms with van der Waals surface area (Å²) in [6.45, 7) is 3.55. The molecule has 9 heteroatoms. The molecule has 0 bridgehead atoms. The molecular formula is C23H30N2O5S2. The van der Waals surface area contributed by atoms with Gasteiger partial charge in [0.25, 0.3) is 0 Å². The topological polar surface area (TPSA) is 52.6 Å². The molecule has 0 unspecified atom stereocenters. The highest BCUT2D eigenvalue weighted by Gasteiger charge is 2.45. The fourth-order valence-corrected chi connectivity index (χ4v) is 6.13. The summed E-state index contributed by atoms with van der Waals surface area (Å²) in [5.41, 5.74) is -0.230. The number of rotatable bonds is 8. The molecule has 2 aliphatic heterocycles. The Kier molecular flexibility index (Phi) is 7.63. The van der Waals surface area contributed by atoms with Gasteiger partial charge in [-0.15, -0.1) is 0 Å². The number of benzene rings is 2. The van der Waals surface area contributed by atoms with Gasteiger partial charge in [-0.05, 0) is 60.3 Å². The summed E-state index contributed by atoms with van der Waals surface area (Å²) >= 11 is 3.49. The molecule has 0 atom stereocenters. The Morgan fingerprint density at radius 2 is 1.25 bits per heavy atom. The second kappa shape index (κ2) is 10.4. The number of piperidine rings is 1. The van der Waals surface area contributed by atoms with Gasteiger partial charge in [0.1, 0.15) is 5.72 Å². The van der Waals surface area contributed by atoms with Crippen LogP contribution in [0.5, 0.6) is 23.0 Å². The number of hydrogen-bond donors (Lipinski definition) is 0. The van der Waals surface area contributed by atoms with Gasteiger partial charge < -0.3 is 23.7 Å². The van der Waals surface area contributed by atoms with Crippen molar-refractivity contribution in [2.45, 2.75) is 28.4 Å². The second-order valence-electron chi connectivity index (χ2n) is 7.54. The summed E-state index contributed by atoms with van der Waals surface area (Å²) in [4.78, 5) is 2.26. The monoisotopic (exact) mass is 478 g/mol. The summed E-state index contributed by atoms with van der Waals surface area (Å²) in [6.07, 6.45) is 1.90. The maximum atomic E-state index is 6.31. The number of hydrogen-bond acceptors (Lipinski definition) is 9. The van der Waals surface area contributed by atoms with E-state index in [1.165, 1.54) is 0 Å². The highest BCUT2D eigenvalue weighted by Crippen LogP contribution is 2.44. The molecule has 2 saturated heterocycles. The van der Waals surface area contributed by atoms with Crippen LogP contribution in [0.2, 0.25) is 0 Å². The van der Waals surface area contributed by atoms with Gasteiger partial charge in [0.05, 0.1) is 35.0 Å². The third-order valence-electron chi connectivity index (χ3n) is 5.78. The first-order chi connectivity index (χ1) is 15.6. The van der Waals surface area contributed by atoms with Crippen LogP contribution in [-0.2, 0) is 4.74 Å². The lowest BCUT2D eigenvalue weighted by molar-refractivity contribution is -0.0766. The first-order valence-corrected chi connectivity index (χ1v) is 12.1. The maximum Gasteiger partial charge on any atom is 0.161 e. The molecule has 4 rings (SSSR count). The van der Waals surface area contributed by atoms with Crippen molar-refractivity contribution in [1.82, 2.24) is 8.61 Å². The van der Waals surface area contributed by atoms with Crippen LogP contribution < -0.4 is 18.9 Å². The molecule has 2 aromatic carbocycles. The molecule has 7 nitrogen and oxygen atoms in total. The predicted octanol–water partition coefficient (Wildman–Crippen LogP) is 4.56. The molecule has 0 saturated carbocycles. The molecule has 2 fully saturated rings. The van der Waals surface area contributed by atoms with E-state index in [0.29, 0.717) is 0 Å². The zero-order valence-corrected chi connectivity index (χ0v) is 20.6. The molecule has 174 valence electrons. The van der Waals surface area contributed by atoms with Gasteiger partial charge in [-0.2, -0.15) is 0 Å². The smallest absolute Gasteiger partial charge is 0.161 e. The quantitative estimate of drug-likeness (QED) is 0.508. The molecular weight excluding hydrogens is 448 g/mol.